The van der Waals surface area contributed by atoms with Crippen LogP contribution in [0.25, 0.3) is 0 Å². The first-order valence-corrected chi connectivity index (χ1v) is 9.22. The summed E-state index contributed by atoms with van der Waals surface area (Å²) in [4.78, 5) is 32.4. The lowest BCUT2D eigenvalue weighted by atomic mass is 9.97. The lowest BCUT2D eigenvalue weighted by Crippen LogP contribution is -2.37. The number of fused-ring (bicyclic) bond motifs is 1. The second-order valence-corrected chi connectivity index (χ2v) is 7.47. The number of aryl methyl sites for hydroxylation is 3. The number of hydrogen-bond donors (Lipinski definition) is 0. The van der Waals surface area contributed by atoms with Gasteiger partial charge in [0.05, 0.1) is 21.6 Å². The molecule has 0 aliphatic heterocycles. The molecule has 2 aromatic heterocycles. The maximum atomic E-state index is 12.7. The standard InChI is InChI=1S/C18H23N3O2S/c1-4-15-19-13-6-5-7-14(18(13)24-15)20(3)17(23)11-21-9-8-12(2)10-16(21)22/h8-10,14H,4-7,11H2,1-3H3/t14-/m0/s1. The van der Waals surface area contributed by atoms with Gasteiger partial charge in [-0.3, -0.25) is 9.59 Å². The summed E-state index contributed by atoms with van der Waals surface area (Å²) in [5.41, 5.74) is 1.93. The molecule has 1 atom stereocenters. The van der Waals surface area contributed by atoms with Gasteiger partial charge in [-0.15, -0.1) is 11.3 Å². The minimum atomic E-state index is -0.132. The van der Waals surface area contributed by atoms with Crippen LogP contribution in [0.5, 0.6) is 0 Å². The highest BCUT2D eigenvalue weighted by Gasteiger charge is 2.29. The van der Waals surface area contributed by atoms with Crippen LogP contribution in [0.4, 0.5) is 0 Å². The van der Waals surface area contributed by atoms with Crippen molar-refractivity contribution in [2.75, 3.05) is 7.05 Å². The van der Waals surface area contributed by atoms with E-state index in [4.69, 9.17) is 4.98 Å². The highest BCUT2D eigenvalue weighted by molar-refractivity contribution is 7.11. The molecule has 24 heavy (non-hydrogen) atoms. The molecule has 0 spiro atoms. The Morgan fingerprint density at radius 1 is 1.50 bits per heavy atom. The Balaban J connectivity index is 1.79. The number of carbonyl (C=O) groups is 1. The molecule has 0 bridgehead atoms. The highest BCUT2D eigenvalue weighted by Crippen LogP contribution is 2.37. The third kappa shape index (κ3) is 3.29. The second kappa shape index (κ2) is 6.89. The molecule has 1 aliphatic carbocycles. The van der Waals surface area contributed by atoms with Crippen LogP contribution in [0.3, 0.4) is 0 Å². The largest absolute Gasteiger partial charge is 0.336 e. The van der Waals surface area contributed by atoms with E-state index in [0.717, 1.165) is 41.9 Å². The van der Waals surface area contributed by atoms with Gasteiger partial charge in [0.15, 0.2) is 0 Å². The lowest BCUT2D eigenvalue weighted by molar-refractivity contribution is -0.133. The Labute approximate surface area is 146 Å². The van der Waals surface area contributed by atoms with Gasteiger partial charge >= 0.3 is 0 Å². The summed E-state index contributed by atoms with van der Waals surface area (Å²) in [6.07, 6.45) is 5.64. The molecule has 0 fully saturated rings. The molecule has 128 valence electrons. The molecular weight excluding hydrogens is 322 g/mol. The number of nitrogens with zero attached hydrogens (tertiary/aromatic N) is 3. The van der Waals surface area contributed by atoms with Gasteiger partial charge in [0.2, 0.25) is 5.91 Å². The van der Waals surface area contributed by atoms with Crippen molar-refractivity contribution in [1.82, 2.24) is 14.5 Å². The zero-order chi connectivity index (χ0) is 17.3. The molecule has 1 aliphatic rings. The maximum Gasteiger partial charge on any atom is 0.251 e. The molecule has 0 aromatic carbocycles. The third-order valence-corrected chi connectivity index (χ3v) is 5.93. The van der Waals surface area contributed by atoms with Gasteiger partial charge in [-0.25, -0.2) is 4.98 Å². The summed E-state index contributed by atoms with van der Waals surface area (Å²) in [6, 6.07) is 3.49. The van der Waals surface area contributed by atoms with Gasteiger partial charge in [-0.2, -0.15) is 0 Å². The summed E-state index contributed by atoms with van der Waals surface area (Å²) < 4.78 is 1.47. The van der Waals surface area contributed by atoms with Crippen molar-refractivity contribution in [3.8, 4) is 0 Å². The van der Waals surface area contributed by atoms with Crippen LogP contribution >= 0.6 is 11.3 Å². The van der Waals surface area contributed by atoms with Gasteiger partial charge in [0, 0.05) is 19.3 Å². The van der Waals surface area contributed by atoms with Gasteiger partial charge in [-0.1, -0.05) is 6.92 Å². The second-order valence-electron chi connectivity index (χ2n) is 6.36. The van der Waals surface area contributed by atoms with E-state index in [9.17, 15) is 9.59 Å². The minimum Gasteiger partial charge on any atom is -0.336 e. The number of pyridine rings is 1. The van der Waals surface area contributed by atoms with Gasteiger partial charge in [-0.05, 0) is 44.2 Å². The van der Waals surface area contributed by atoms with Crippen molar-refractivity contribution in [3.63, 3.8) is 0 Å². The molecular formula is C18H23N3O2S. The number of carbonyl (C=O) groups excluding carboxylic acids is 1. The fraction of sp³-hybridized carbons (Fsp3) is 0.500. The van der Waals surface area contributed by atoms with Crippen LogP contribution in [-0.2, 0) is 24.2 Å². The Kier molecular flexibility index (Phi) is 4.85. The first kappa shape index (κ1) is 16.9. The predicted molar refractivity (Wildman–Crippen MR) is 95.4 cm³/mol. The van der Waals surface area contributed by atoms with Crippen molar-refractivity contribution in [2.45, 2.75) is 52.1 Å². The number of thiazole rings is 1. The summed E-state index contributed by atoms with van der Waals surface area (Å²) in [7, 11) is 1.84. The molecule has 0 radical (unpaired) electrons. The Bertz CT molecular complexity index is 809. The van der Waals surface area contributed by atoms with E-state index in [2.05, 4.69) is 6.92 Å². The van der Waals surface area contributed by atoms with E-state index < -0.39 is 0 Å². The SMILES string of the molecule is CCc1nc2c(s1)[C@@H](N(C)C(=O)Cn1ccc(C)cc1=O)CCC2. The summed E-state index contributed by atoms with van der Waals surface area (Å²) in [5, 5.41) is 1.14. The number of amides is 1. The highest BCUT2D eigenvalue weighted by atomic mass is 32.1. The topological polar surface area (TPSA) is 55.2 Å². The Hall–Kier alpha value is -1.95. The van der Waals surface area contributed by atoms with Gasteiger partial charge in [0.25, 0.3) is 5.56 Å². The minimum absolute atomic E-state index is 0.0368. The average molecular weight is 345 g/mol. The Morgan fingerprint density at radius 2 is 2.29 bits per heavy atom. The monoisotopic (exact) mass is 345 g/mol. The van der Waals surface area contributed by atoms with E-state index in [0.29, 0.717) is 0 Å². The van der Waals surface area contributed by atoms with Crippen LogP contribution < -0.4 is 5.56 Å². The average Bonchev–Trinajstić information content (AvgIpc) is 2.99. The summed E-state index contributed by atoms with van der Waals surface area (Å²) in [5.74, 6) is -0.0368. The lowest BCUT2D eigenvalue weighted by Gasteiger charge is -2.31. The third-order valence-electron chi connectivity index (χ3n) is 4.59. The van der Waals surface area contributed by atoms with Crippen molar-refractivity contribution in [2.24, 2.45) is 0 Å². The zero-order valence-corrected chi connectivity index (χ0v) is 15.2. The van der Waals surface area contributed by atoms with Crippen LogP contribution in [0.15, 0.2) is 23.1 Å². The Morgan fingerprint density at radius 3 is 3.00 bits per heavy atom. The van der Waals surface area contributed by atoms with E-state index in [1.165, 1.54) is 9.44 Å². The quantitative estimate of drug-likeness (QED) is 0.856. The zero-order valence-electron chi connectivity index (χ0n) is 14.4. The maximum absolute atomic E-state index is 12.7. The van der Waals surface area contributed by atoms with E-state index in [-0.39, 0.29) is 24.1 Å². The fourth-order valence-electron chi connectivity index (χ4n) is 3.14. The molecule has 0 saturated heterocycles. The number of hydrogen-bond acceptors (Lipinski definition) is 4. The van der Waals surface area contributed by atoms with Crippen LogP contribution in [0.2, 0.25) is 0 Å². The van der Waals surface area contributed by atoms with Crippen LogP contribution in [0.1, 0.15) is 46.9 Å². The van der Waals surface area contributed by atoms with Crippen molar-refractivity contribution >= 4 is 17.2 Å². The predicted octanol–water partition coefficient (Wildman–Crippen LogP) is 2.71. The smallest absolute Gasteiger partial charge is 0.251 e. The number of likely N-dealkylation sites (N-methyl/N-ethyl adjacent to an activating group) is 1. The van der Waals surface area contributed by atoms with E-state index >= 15 is 0 Å². The van der Waals surface area contributed by atoms with Gasteiger partial charge < -0.3 is 9.47 Å². The van der Waals surface area contributed by atoms with Crippen LogP contribution in [0, 0.1) is 6.92 Å². The molecule has 3 rings (SSSR count). The number of aromatic nitrogens is 2. The molecule has 1 amide bonds. The molecule has 0 saturated carbocycles. The molecule has 0 unspecified atom stereocenters. The molecule has 5 nitrogen and oxygen atoms in total. The number of rotatable bonds is 4. The van der Waals surface area contributed by atoms with Gasteiger partial charge in [0.1, 0.15) is 6.54 Å². The molecule has 0 N–H and O–H groups in total. The molecule has 6 heteroatoms. The van der Waals surface area contributed by atoms with Crippen molar-refractivity contribution in [1.29, 1.82) is 0 Å². The normalized spacial score (nSPS) is 16.7. The van der Waals surface area contributed by atoms with E-state index in [1.807, 2.05) is 20.0 Å². The summed E-state index contributed by atoms with van der Waals surface area (Å²) in [6.45, 7) is 4.07. The molecule has 2 heterocycles. The summed E-state index contributed by atoms with van der Waals surface area (Å²) >= 11 is 1.73. The first-order valence-electron chi connectivity index (χ1n) is 8.40. The van der Waals surface area contributed by atoms with E-state index in [1.54, 1.807) is 28.5 Å². The van der Waals surface area contributed by atoms with Crippen molar-refractivity contribution < 1.29 is 4.79 Å². The fourth-order valence-corrected chi connectivity index (χ4v) is 4.37. The van der Waals surface area contributed by atoms with Crippen LogP contribution in [-0.4, -0.2) is 27.4 Å². The molecule has 2 aromatic rings. The van der Waals surface area contributed by atoms with Crippen molar-refractivity contribution in [3.05, 3.63) is 49.8 Å². The first-order chi connectivity index (χ1) is 11.5.